The fraction of sp³-hybridized carbons (Fsp3) is 0.280. The molecular formula is C25H23FIN3O6. The fourth-order valence-corrected chi connectivity index (χ4v) is 4.94. The van der Waals surface area contributed by atoms with E-state index in [-0.39, 0.29) is 24.0 Å². The first kappa shape index (κ1) is 25.6. The topological polar surface area (TPSA) is 114 Å². The lowest BCUT2D eigenvalue weighted by Gasteiger charge is -2.31. The number of anilines is 1. The Morgan fingerprint density at radius 1 is 1.19 bits per heavy atom. The lowest BCUT2D eigenvalue weighted by molar-refractivity contribution is -0.131. The number of hydrogen-bond donors (Lipinski definition) is 2. The highest BCUT2D eigenvalue weighted by atomic mass is 127. The predicted octanol–water partition coefficient (Wildman–Crippen LogP) is 3.86. The van der Waals surface area contributed by atoms with Crippen LogP contribution >= 0.6 is 22.6 Å². The van der Waals surface area contributed by atoms with E-state index < -0.39 is 29.6 Å². The molecule has 0 aromatic heterocycles. The lowest BCUT2D eigenvalue weighted by Crippen LogP contribution is -2.57. The highest BCUT2D eigenvalue weighted by Crippen LogP contribution is 2.35. The van der Waals surface area contributed by atoms with E-state index in [4.69, 9.17) is 9.47 Å². The molecule has 1 heterocycles. The molecule has 1 aliphatic carbocycles. The van der Waals surface area contributed by atoms with E-state index in [0.29, 0.717) is 33.4 Å². The van der Waals surface area contributed by atoms with Gasteiger partial charge >= 0.3 is 6.03 Å². The number of hydrogen-bond acceptors (Lipinski definition) is 6. The Morgan fingerprint density at radius 2 is 1.89 bits per heavy atom. The van der Waals surface area contributed by atoms with Crippen LogP contribution in [0, 0.1) is 9.39 Å². The number of methoxy groups -OCH3 is 1. The van der Waals surface area contributed by atoms with Crippen molar-refractivity contribution in [3.63, 3.8) is 0 Å². The van der Waals surface area contributed by atoms with Gasteiger partial charge in [0.2, 0.25) is 0 Å². The SMILES string of the molecule is COc1cc(/C=C2\C(=O)NC(=O)N(C3CCCC3)C2=O)cc(I)c1OCC(=O)Nc1ccc(F)cc1. The first-order valence-corrected chi connectivity index (χ1v) is 12.3. The third-order valence-electron chi connectivity index (χ3n) is 5.86. The van der Waals surface area contributed by atoms with Crippen LogP contribution in [0.5, 0.6) is 11.5 Å². The Hall–Kier alpha value is -3.48. The summed E-state index contributed by atoms with van der Waals surface area (Å²) >= 11 is 1.99. The van der Waals surface area contributed by atoms with Gasteiger partial charge in [0, 0.05) is 11.7 Å². The highest BCUT2D eigenvalue weighted by Gasteiger charge is 2.40. The van der Waals surface area contributed by atoms with E-state index in [1.54, 1.807) is 12.1 Å². The minimum absolute atomic E-state index is 0.147. The molecule has 0 atom stereocenters. The minimum atomic E-state index is -0.758. The number of urea groups is 1. The van der Waals surface area contributed by atoms with Crippen LogP contribution in [0.2, 0.25) is 0 Å². The van der Waals surface area contributed by atoms with Gasteiger partial charge in [0.1, 0.15) is 11.4 Å². The van der Waals surface area contributed by atoms with Crippen LogP contribution in [0.25, 0.3) is 6.08 Å². The van der Waals surface area contributed by atoms with Crippen LogP contribution in [0.4, 0.5) is 14.9 Å². The molecule has 4 rings (SSSR count). The molecule has 1 saturated carbocycles. The minimum Gasteiger partial charge on any atom is -0.493 e. The molecule has 0 radical (unpaired) electrons. The van der Waals surface area contributed by atoms with Gasteiger partial charge in [0.15, 0.2) is 18.1 Å². The summed E-state index contributed by atoms with van der Waals surface area (Å²) < 4.78 is 24.7. The number of rotatable bonds is 7. The molecule has 9 nitrogen and oxygen atoms in total. The molecule has 0 spiro atoms. The van der Waals surface area contributed by atoms with Crippen LogP contribution in [0.15, 0.2) is 42.0 Å². The van der Waals surface area contributed by atoms with Gasteiger partial charge in [0.25, 0.3) is 17.7 Å². The highest BCUT2D eigenvalue weighted by molar-refractivity contribution is 14.1. The lowest BCUT2D eigenvalue weighted by atomic mass is 10.0. The first-order valence-electron chi connectivity index (χ1n) is 11.2. The number of carbonyl (C=O) groups is 4. The molecular weight excluding hydrogens is 584 g/mol. The number of carbonyl (C=O) groups excluding carboxylic acids is 4. The summed E-state index contributed by atoms with van der Waals surface area (Å²) in [7, 11) is 1.42. The zero-order valence-corrected chi connectivity index (χ0v) is 21.5. The van der Waals surface area contributed by atoms with E-state index in [0.717, 1.165) is 17.7 Å². The maximum Gasteiger partial charge on any atom is 0.331 e. The largest absolute Gasteiger partial charge is 0.493 e. The van der Waals surface area contributed by atoms with Crippen molar-refractivity contribution in [1.82, 2.24) is 10.2 Å². The second-order valence-electron chi connectivity index (χ2n) is 8.31. The van der Waals surface area contributed by atoms with Gasteiger partial charge in [-0.2, -0.15) is 0 Å². The summed E-state index contributed by atoms with van der Waals surface area (Å²) in [5.74, 6) is -1.66. The van der Waals surface area contributed by atoms with Crippen LogP contribution in [-0.2, 0) is 14.4 Å². The molecule has 36 heavy (non-hydrogen) atoms. The van der Waals surface area contributed by atoms with Crippen molar-refractivity contribution in [3.8, 4) is 11.5 Å². The van der Waals surface area contributed by atoms with Gasteiger partial charge < -0.3 is 14.8 Å². The summed E-state index contributed by atoms with van der Waals surface area (Å²) in [6.07, 6.45) is 4.68. The monoisotopic (exact) mass is 607 g/mol. The molecule has 2 aliphatic rings. The summed E-state index contributed by atoms with van der Waals surface area (Å²) in [5, 5.41) is 4.86. The number of ether oxygens (including phenoxy) is 2. The van der Waals surface area contributed by atoms with Gasteiger partial charge in [-0.25, -0.2) is 9.18 Å². The molecule has 2 aromatic rings. The van der Waals surface area contributed by atoms with E-state index in [2.05, 4.69) is 10.6 Å². The van der Waals surface area contributed by atoms with Gasteiger partial charge in [0.05, 0.1) is 10.7 Å². The normalized spacial score (nSPS) is 17.4. The van der Waals surface area contributed by atoms with Crippen LogP contribution in [0.3, 0.4) is 0 Å². The molecule has 0 unspecified atom stereocenters. The van der Waals surface area contributed by atoms with Crippen molar-refractivity contribution >= 4 is 58.1 Å². The second kappa shape index (κ2) is 11.1. The van der Waals surface area contributed by atoms with E-state index in [1.807, 2.05) is 22.6 Å². The van der Waals surface area contributed by atoms with E-state index in [9.17, 15) is 23.6 Å². The van der Waals surface area contributed by atoms with Crippen molar-refractivity contribution in [1.29, 1.82) is 0 Å². The molecule has 11 heteroatoms. The number of nitrogens with zero attached hydrogens (tertiary/aromatic N) is 1. The van der Waals surface area contributed by atoms with Gasteiger partial charge in [-0.3, -0.25) is 24.6 Å². The quantitative estimate of drug-likeness (QED) is 0.281. The standard InChI is InChI=1S/C25H23FIN3O6/c1-35-20-12-14(10-18-23(32)29-25(34)30(24(18)33)17-4-2-3-5-17)11-19(27)22(20)36-13-21(31)28-16-8-6-15(26)7-9-16/h6-12,17H,2-5,13H2,1H3,(H,28,31)(H,29,32,34)/b18-10+. The Morgan fingerprint density at radius 3 is 2.56 bits per heavy atom. The number of nitrogens with one attached hydrogen (secondary N) is 2. The Balaban J connectivity index is 1.51. The fourth-order valence-electron chi connectivity index (χ4n) is 4.16. The Labute approximate surface area is 220 Å². The first-order chi connectivity index (χ1) is 17.3. The van der Waals surface area contributed by atoms with E-state index in [1.165, 1.54) is 37.5 Å². The second-order valence-corrected chi connectivity index (χ2v) is 9.47. The zero-order valence-electron chi connectivity index (χ0n) is 19.3. The van der Waals surface area contributed by atoms with Crippen LogP contribution in [0.1, 0.15) is 31.2 Å². The van der Waals surface area contributed by atoms with Crippen molar-refractivity contribution < 1.29 is 33.0 Å². The number of amides is 5. The summed E-state index contributed by atoms with van der Waals surface area (Å²) in [6.45, 7) is -0.330. The molecule has 188 valence electrons. The van der Waals surface area contributed by atoms with Crippen molar-refractivity contribution in [2.45, 2.75) is 31.7 Å². The molecule has 2 fully saturated rings. The number of halogens is 2. The van der Waals surface area contributed by atoms with Crippen LogP contribution < -0.4 is 20.1 Å². The van der Waals surface area contributed by atoms with Crippen LogP contribution in [-0.4, -0.2) is 48.4 Å². The predicted molar refractivity (Wildman–Crippen MR) is 137 cm³/mol. The molecule has 0 bridgehead atoms. The smallest absolute Gasteiger partial charge is 0.331 e. The maximum atomic E-state index is 13.0. The van der Waals surface area contributed by atoms with Crippen molar-refractivity contribution in [2.24, 2.45) is 0 Å². The Bertz CT molecular complexity index is 1240. The summed E-state index contributed by atoms with van der Waals surface area (Å²) in [6, 6.07) is 7.66. The summed E-state index contributed by atoms with van der Waals surface area (Å²) in [4.78, 5) is 51.2. The van der Waals surface area contributed by atoms with Crippen molar-refractivity contribution in [3.05, 3.63) is 56.9 Å². The molecule has 2 aromatic carbocycles. The van der Waals surface area contributed by atoms with E-state index >= 15 is 0 Å². The average Bonchev–Trinajstić information content (AvgIpc) is 3.36. The van der Waals surface area contributed by atoms with Gasteiger partial charge in [-0.15, -0.1) is 0 Å². The average molecular weight is 607 g/mol. The summed E-state index contributed by atoms with van der Waals surface area (Å²) in [5.41, 5.74) is 0.763. The molecule has 1 saturated heterocycles. The number of barbiturate groups is 1. The number of imide groups is 2. The molecule has 2 N–H and O–H groups in total. The van der Waals surface area contributed by atoms with Gasteiger partial charge in [-0.05, 0) is 83.5 Å². The maximum absolute atomic E-state index is 13.0. The van der Waals surface area contributed by atoms with Gasteiger partial charge in [-0.1, -0.05) is 12.8 Å². The Kier molecular flexibility index (Phi) is 7.87. The third kappa shape index (κ3) is 5.66. The third-order valence-corrected chi connectivity index (χ3v) is 6.66. The number of benzene rings is 2. The zero-order chi connectivity index (χ0) is 25.8. The van der Waals surface area contributed by atoms with Crippen molar-refractivity contribution in [2.75, 3.05) is 19.0 Å². The molecule has 1 aliphatic heterocycles. The molecule has 5 amide bonds.